The average molecular weight is 315 g/mol. The van der Waals surface area contributed by atoms with Gasteiger partial charge in [0.25, 0.3) is 0 Å². The van der Waals surface area contributed by atoms with Gasteiger partial charge in [0.1, 0.15) is 0 Å². The van der Waals surface area contributed by atoms with E-state index in [9.17, 15) is 0 Å². The third-order valence-electron chi connectivity index (χ3n) is 5.36. The lowest BCUT2D eigenvalue weighted by Gasteiger charge is -2.18. The van der Waals surface area contributed by atoms with Crippen molar-refractivity contribution in [3.63, 3.8) is 0 Å². The van der Waals surface area contributed by atoms with Gasteiger partial charge in [-0.1, -0.05) is 48.1 Å². The van der Waals surface area contributed by atoms with Gasteiger partial charge in [0.15, 0.2) is 0 Å². The lowest BCUT2D eigenvalue weighted by atomic mass is 9.90. The van der Waals surface area contributed by atoms with Crippen LogP contribution >= 0.6 is 0 Å². The summed E-state index contributed by atoms with van der Waals surface area (Å²) in [5.74, 6) is 0. The van der Waals surface area contributed by atoms with E-state index in [1.165, 1.54) is 56.9 Å². The fraction of sp³-hybridized carbons (Fsp3) is 0.304. The normalized spacial score (nSPS) is 15.2. The summed E-state index contributed by atoms with van der Waals surface area (Å²) in [6.45, 7) is 9.13. The molecule has 0 N–H and O–H groups in total. The molecule has 0 saturated carbocycles. The summed E-state index contributed by atoms with van der Waals surface area (Å²) in [6, 6.07) is 13.9. The quantitative estimate of drug-likeness (QED) is 0.489. The van der Waals surface area contributed by atoms with Crippen molar-refractivity contribution in [3.05, 3.63) is 65.3 Å². The molecule has 2 aromatic carbocycles. The van der Waals surface area contributed by atoms with Crippen molar-refractivity contribution in [3.8, 4) is 0 Å². The largest absolute Gasteiger partial charge is 0.338 e. The number of hydrogen-bond acceptors (Lipinski definition) is 0. The van der Waals surface area contributed by atoms with E-state index in [0.717, 1.165) is 0 Å². The fourth-order valence-corrected chi connectivity index (χ4v) is 4.19. The van der Waals surface area contributed by atoms with Gasteiger partial charge >= 0.3 is 0 Å². The molecule has 1 aliphatic carbocycles. The molecule has 0 unspecified atom stereocenters. The highest BCUT2D eigenvalue weighted by atomic mass is 15.0. The van der Waals surface area contributed by atoms with Gasteiger partial charge in [-0.15, -0.1) is 0 Å². The SMILES string of the molecule is CC1=C(c2ccc3c4ccccc4n(C(C)C)c3c2C)C=CCC1. The highest BCUT2D eigenvalue weighted by Crippen LogP contribution is 2.38. The van der Waals surface area contributed by atoms with E-state index >= 15 is 0 Å². The van der Waals surface area contributed by atoms with Crippen LogP contribution in [0.2, 0.25) is 0 Å². The summed E-state index contributed by atoms with van der Waals surface area (Å²) in [7, 11) is 0. The Labute approximate surface area is 144 Å². The van der Waals surface area contributed by atoms with Crippen LogP contribution in [0.1, 0.15) is 50.8 Å². The molecule has 0 bridgehead atoms. The van der Waals surface area contributed by atoms with Gasteiger partial charge in [-0.05, 0) is 63.3 Å². The second-order valence-electron chi connectivity index (χ2n) is 7.25. The van der Waals surface area contributed by atoms with Gasteiger partial charge < -0.3 is 4.57 Å². The average Bonchev–Trinajstić information content (AvgIpc) is 2.92. The van der Waals surface area contributed by atoms with Gasteiger partial charge in [0, 0.05) is 22.3 Å². The lowest BCUT2D eigenvalue weighted by Crippen LogP contribution is -2.03. The van der Waals surface area contributed by atoms with Gasteiger partial charge in [-0.2, -0.15) is 0 Å². The van der Waals surface area contributed by atoms with Crippen molar-refractivity contribution in [1.82, 2.24) is 4.57 Å². The van der Waals surface area contributed by atoms with Crippen LogP contribution in [0.15, 0.2) is 54.1 Å². The number of benzene rings is 2. The first-order chi connectivity index (χ1) is 11.6. The smallest absolute Gasteiger partial charge is 0.0529 e. The molecule has 4 rings (SSSR count). The second-order valence-corrected chi connectivity index (χ2v) is 7.25. The molecule has 1 aromatic heterocycles. The van der Waals surface area contributed by atoms with Gasteiger partial charge in [-0.3, -0.25) is 0 Å². The maximum Gasteiger partial charge on any atom is 0.0529 e. The van der Waals surface area contributed by atoms with Crippen LogP contribution in [0.4, 0.5) is 0 Å². The van der Waals surface area contributed by atoms with Crippen molar-refractivity contribution in [2.75, 3.05) is 0 Å². The Hall–Kier alpha value is -2.28. The van der Waals surface area contributed by atoms with Crippen LogP contribution < -0.4 is 0 Å². The number of hydrogen-bond donors (Lipinski definition) is 0. The third kappa shape index (κ3) is 2.15. The van der Waals surface area contributed by atoms with Gasteiger partial charge in [0.2, 0.25) is 0 Å². The van der Waals surface area contributed by atoms with E-state index in [-0.39, 0.29) is 0 Å². The molecule has 0 spiro atoms. The van der Waals surface area contributed by atoms with E-state index in [1.54, 1.807) is 0 Å². The summed E-state index contributed by atoms with van der Waals surface area (Å²) in [4.78, 5) is 0. The molecule has 1 nitrogen and oxygen atoms in total. The van der Waals surface area contributed by atoms with Crippen LogP contribution in [-0.4, -0.2) is 4.57 Å². The lowest BCUT2D eigenvalue weighted by molar-refractivity contribution is 0.641. The molecular formula is C23H25N. The number of nitrogens with zero attached hydrogens (tertiary/aromatic N) is 1. The molecular weight excluding hydrogens is 290 g/mol. The number of fused-ring (bicyclic) bond motifs is 3. The van der Waals surface area contributed by atoms with E-state index in [4.69, 9.17) is 0 Å². The first kappa shape index (κ1) is 15.3. The minimum atomic E-state index is 0.443. The number of allylic oxidation sites excluding steroid dienone is 4. The molecule has 0 saturated heterocycles. The van der Waals surface area contributed by atoms with Crippen molar-refractivity contribution >= 4 is 27.4 Å². The van der Waals surface area contributed by atoms with Crippen molar-refractivity contribution in [1.29, 1.82) is 0 Å². The standard InChI is InChI=1S/C23H25N/c1-15(2)24-22-12-8-7-11-20(22)21-14-13-19(17(4)23(21)24)18-10-6-5-9-16(18)3/h6-8,10-15H,5,9H2,1-4H3. The highest BCUT2D eigenvalue weighted by molar-refractivity contribution is 6.10. The molecule has 1 heterocycles. The summed E-state index contributed by atoms with van der Waals surface area (Å²) in [6.07, 6.45) is 6.97. The number of aryl methyl sites for hydroxylation is 1. The Balaban J connectivity index is 2.11. The Morgan fingerprint density at radius 3 is 2.50 bits per heavy atom. The second kappa shape index (κ2) is 5.66. The van der Waals surface area contributed by atoms with Crippen LogP contribution in [0.5, 0.6) is 0 Å². The number of para-hydroxylation sites is 1. The topological polar surface area (TPSA) is 4.93 Å². The summed E-state index contributed by atoms with van der Waals surface area (Å²) in [5, 5.41) is 2.74. The van der Waals surface area contributed by atoms with Crippen LogP contribution in [0.25, 0.3) is 27.4 Å². The number of rotatable bonds is 2. The number of aromatic nitrogens is 1. The molecule has 0 amide bonds. The summed E-state index contributed by atoms with van der Waals surface area (Å²) < 4.78 is 2.51. The minimum absolute atomic E-state index is 0.443. The predicted octanol–water partition coefficient (Wildman–Crippen LogP) is 6.81. The molecule has 1 heteroatoms. The van der Waals surface area contributed by atoms with Crippen LogP contribution in [-0.2, 0) is 0 Å². The Morgan fingerprint density at radius 2 is 1.75 bits per heavy atom. The first-order valence-corrected chi connectivity index (χ1v) is 8.98. The van der Waals surface area contributed by atoms with Crippen molar-refractivity contribution in [2.24, 2.45) is 0 Å². The first-order valence-electron chi connectivity index (χ1n) is 8.98. The Bertz CT molecular complexity index is 996. The highest BCUT2D eigenvalue weighted by Gasteiger charge is 2.18. The molecule has 122 valence electrons. The molecule has 3 aromatic rings. The predicted molar refractivity (Wildman–Crippen MR) is 106 cm³/mol. The molecule has 0 radical (unpaired) electrons. The van der Waals surface area contributed by atoms with E-state index in [0.29, 0.717) is 6.04 Å². The molecule has 0 fully saturated rings. The summed E-state index contributed by atoms with van der Waals surface area (Å²) >= 11 is 0. The maximum atomic E-state index is 2.51. The molecule has 0 aliphatic heterocycles. The zero-order valence-corrected chi connectivity index (χ0v) is 15.1. The van der Waals surface area contributed by atoms with Gasteiger partial charge in [-0.25, -0.2) is 0 Å². The van der Waals surface area contributed by atoms with Gasteiger partial charge in [0.05, 0.1) is 5.52 Å². The molecule has 0 atom stereocenters. The molecule has 1 aliphatic rings. The Morgan fingerprint density at radius 1 is 0.958 bits per heavy atom. The molecule has 24 heavy (non-hydrogen) atoms. The third-order valence-corrected chi connectivity index (χ3v) is 5.36. The van der Waals surface area contributed by atoms with Crippen LogP contribution in [0, 0.1) is 6.92 Å². The summed E-state index contributed by atoms with van der Waals surface area (Å²) in [5.41, 5.74) is 8.45. The minimum Gasteiger partial charge on any atom is -0.338 e. The van der Waals surface area contributed by atoms with E-state index < -0.39 is 0 Å². The zero-order chi connectivity index (χ0) is 16.8. The monoisotopic (exact) mass is 315 g/mol. The van der Waals surface area contributed by atoms with E-state index in [1.807, 2.05) is 0 Å². The zero-order valence-electron chi connectivity index (χ0n) is 15.1. The van der Waals surface area contributed by atoms with Crippen molar-refractivity contribution in [2.45, 2.75) is 46.6 Å². The maximum absolute atomic E-state index is 2.51. The van der Waals surface area contributed by atoms with E-state index in [2.05, 4.69) is 80.8 Å². The fourth-order valence-electron chi connectivity index (χ4n) is 4.19. The van der Waals surface area contributed by atoms with Crippen molar-refractivity contribution < 1.29 is 0 Å². The van der Waals surface area contributed by atoms with Crippen LogP contribution in [0.3, 0.4) is 0 Å². The Kier molecular flexibility index (Phi) is 3.60.